The van der Waals surface area contributed by atoms with Crippen LogP contribution >= 0.6 is 0 Å². The first kappa shape index (κ1) is 7.26. The van der Waals surface area contributed by atoms with Gasteiger partial charge in [0.15, 0.2) is 5.78 Å². The molecule has 1 unspecified atom stereocenters. The number of Topliss-reactive ketones (excluding diaryl/α,β-unsaturated/α-hetero) is 1. The van der Waals surface area contributed by atoms with Gasteiger partial charge in [-0.2, -0.15) is 0 Å². The van der Waals surface area contributed by atoms with Crippen LogP contribution in [0.25, 0.3) is 0 Å². The molecule has 0 aromatic heterocycles. The number of hydrogen-bond acceptors (Lipinski definition) is 1. The summed E-state index contributed by atoms with van der Waals surface area (Å²) in [6, 6.07) is 0. The van der Waals surface area contributed by atoms with Gasteiger partial charge in [-0.25, -0.2) is 0 Å². The fraction of sp³-hybridized carbons (Fsp3) is 0.444. The average molecular weight is 136 g/mol. The molecule has 0 saturated carbocycles. The summed E-state index contributed by atoms with van der Waals surface area (Å²) in [6.07, 6.45) is 7.01. The van der Waals surface area contributed by atoms with Crippen molar-refractivity contribution in [2.75, 3.05) is 0 Å². The third-order valence-corrected chi connectivity index (χ3v) is 1.72. The van der Waals surface area contributed by atoms with E-state index in [2.05, 4.69) is 13.0 Å². The molecule has 0 aromatic rings. The maximum atomic E-state index is 10.8. The number of hydrogen-bond donors (Lipinski definition) is 0. The van der Waals surface area contributed by atoms with Crippen molar-refractivity contribution in [1.82, 2.24) is 0 Å². The molecule has 1 atom stereocenters. The van der Waals surface area contributed by atoms with Crippen molar-refractivity contribution in [2.24, 2.45) is 5.92 Å². The highest BCUT2D eigenvalue weighted by molar-refractivity contribution is 5.96. The van der Waals surface area contributed by atoms with Crippen LogP contribution in [0.1, 0.15) is 20.3 Å². The van der Waals surface area contributed by atoms with Crippen LogP contribution in [0.5, 0.6) is 0 Å². The van der Waals surface area contributed by atoms with Gasteiger partial charge in [-0.15, -0.1) is 0 Å². The predicted octanol–water partition coefficient (Wildman–Crippen LogP) is 2.10. The summed E-state index contributed by atoms with van der Waals surface area (Å²) in [4.78, 5) is 10.8. The molecule has 1 nitrogen and oxygen atoms in total. The molecule has 1 aliphatic rings. The Morgan fingerprint density at radius 1 is 1.70 bits per heavy atom. The van der Waals surface area contributed by atoms with Crippen molar-refractivity contribution in [3.8, 4) is 0 Å². The average Bonchev–Trinajstić information content (AvgIpc) is 1.88. The van der Waals surface area contributed by atoms with Gasteiger partial charge in [0.05, 0.1) is 0 Å². The topological polar surface area (TPSA) is 17.1 Å². The molecule has 0 aliphatic heterocycles. The molecule has 0 N–H and O–H groups in total. The SMILES string of the molecule is CC(=O)C1=CCC(C)C=C1. The summed E-state index contributed by atoms with van der Waals surface area (Å²) in [5, 5.41) is 0. The van der Waals surface area contributed by atoms with Gasteiger partial charge >= 0.3 is 0 Å². The first-order valence-electron chi connectivity index (χ1n) is 3.59. The lowest BCUT2D eigenvalue weighted by Crippen LogP contribution is -2.00. The largest absolute Gasteiger partial charge is 0.295 e. The minimum atomic E-state index is 0.170. The van der Waals surface area contributed by atoms with Gasteiger partial charge in [0.1, 0.15) is 0 Å². The summed E-state index contributed by atoms with van der Waals surface area (Å²) in [5.74, 6) is 0.770. The quantitative estimate of drug-likeness (QED) is 0.539. The number of ketones is 1. The van der Waals surface area contributed by atoms with Crippen molar-refractivity contribution in [3.05, 3.63) is 23.8 Å². The minimum Gasteiger partial charge on any atom is -0.295 e. The molecule has 0 amide bonds. The van der Waals surface area contributed by atoms with Crippen molar-refractivity contribution < 1.29 is 4.79 Å². The highest BCUT2D eigenvalue weighted by atomic mass is 16.1. The first-order chi connectivity index (χ1) is 4.70. The third-order valence-electron chi connectivity index (χ3n) is 1.72. The highest BCUT2D eigenvalue weighted by Crippen LogP contribution is 2.15. The zero-order valence-electron chi connectivity index (χ0n) is 6.42. The highest BCUT2D eigenvalue weighted by Gasteiger charge is 2.05. The number of rotatable bonds is 1. The first-order valence-corrected chi connectivity index (χ1v) is 3.59. The van der Waals surface area contributed by atoms with Gasteiger partial charge < -0.3 is 0 Å². The molecule has 1 aliphatic carbocycles. The summed E-state index contributed by atoms with van der Waals surface area (Å²) in [5.41, 5.74) is 0.859. The Bertz CT molecular complexity index is 199. The molecule has 10 heavy (non-hydrogen) atoms. The van der Waals surface area contributed by atoms with Crippen LogP contribution in [0.3, 0.4) is 0 Å². The molecule has 0 spiro atoms. The molecule has 0 heterocycles. The van der Waals surface area contributed by atoms with Crippen LogP contribution in [-0.2, 0) is 4.79 Å². The molecule has 1 rings (SSSR count). The lowest BCUT2D eigenvalue weighted by Gasteiger charge is -2.08. The predicted molar refractivity (Wildman–Crippen MR) is 41.7 cm³/mol. The normalized spacial score (nSPS) is 24.2. The molecule has 0 radical (unpaired) electrons. The lowest BCUT2D eigenvalue weighted by atomic mass is 9.97. The Balaban J connectivity index is 2.67. The summed E-state index contributed by atoms with van der Waals surface area (Å²) in [7, 11) is 0. The fourth-order valence-corrected chi connectivity index (χ4v) is 0.988. The van der Waals surface area contributed by atoms with Gasteiger partial charge in [0.25, 0.3) is 0 Å². The zero-order valence-corrected chi connectivity index (χ0v) is 6.42. The van der Waals surface area contributed by atoms with Crippen LogP contribution in [0.4, 0.5) is 0 Å². The van der Waals surface area contributed by atoms with Crippen LogP contribution in [0.15, 0.2) is 23.8 Å². The van der Waals surface area contributed by atoms with E-state index < -0.39 is 0 Å². The second kappa shape index (κ2) is 2.82. The summed E-state index contributed by atoms with van der Waals surface area (Å²) < 4.78 is 0. The van der Waals surface area contributed by atoms with E-state index in [1.54, 1.807) is 6.92 Å². The molecule has 54 valence electrons. The van der Waals surface area contributed by atoms with E-state index in [1.165, 1.54) is 0 Å². The second-order valence-electron chi connectivity index (χ2n) is 2.79. The molecule has 0 fully saturated rings. The minimum absolute atomic E-state index is 0.170. The Kier molecular flexibility index (Phi) is 2.05. The van der Waals surface area contributed by atoms with Crippen LogP contribution in [0.2, 0.25) is 0 Å². The number of allylic oxidation sites excluding steroid dienone is 4. The van der Waals surface area contributed by atoms with Crippen molar-refractivity contribution >= 4 is 5.78 Å². The van der Waals surface area contributed by atoms with Gasteiger partial charge in [-0.05, 0) is 19.3 Å². The van der Waals surface area contributed by atoms with Crippen molar-refractivity contribution in [2.45, 2.75) is 20.3 Å². The van der Waals surface area contributed by atoms with E-state index >= 15 is 0 Å². The van der Waals surface area contributed by atoms with Crippen LogP contribution < -0.4 is 0 Å². The fourth-order valence-electron chi connectivity index (χ4n) is 0.988. The van der Waals surface area contributed by atoms with E-state index in [0.717, 1.165) is 12.0 Å². The van der Waals surface area contributed by atoms with E-state index in [-0.39, 0.29) is 5.78 Å². The van der Waals surface area contributed by atoms with E-state index in [0.29, 0.717) is 5.92 Å². The second-order valence-corrected chi connectivity index (χ2v) is 2.79. The Hall–Kier alpha value is -0.850. The standard InChI is InChI=1S/C9H12O/c1-7-3-5-9(6-4-7)8(2)10/h3,5-7H,4H2,1-2H3. The lowest BCUT2D eigenvalue weighted by molar-refractivity contribution is -0.113. The summed E-state index contributed by atoms with van der Waals surface area (Å²) in [6.45, 7) is 3.75. The van der Waals surface area contributed by atoms with Crippen LogP contribution in [0, 0.1) is 5.92 Å². The van der Waals surface area contributed by atoms with Crippen LogP contribution in [-0.4, -0.2) is 5.78 Å². The van der Waals surface area contributed by atoms with Gasteiger partial charge in [0.2, 0.25) is 0 Å². The molecule has 1 heteroatoms. The summed E-state index contributed by atoms with van der Waals surface area (Å²) >= 11 is 0. The van der Waals surface area contributed by atoms with E-state index in [4.69, 9.17) is 0 Å². The smallest absolute Gasteiger partial charge is 0.159 e. The van der Waals surface area contributed by atoms with Gasteiger partial charge in [-0.1, -0.05) is 25.2 Å². The Morgan fingerprint density at radius 3 is 2.80 bits per heavy atom. The molecule has 0 bridgehead atoms. The van der Waals surface area contributed by atoms with Gasteiger partial charge in [-0.3, -0.25) is 4.79 Å². The van der Waals surface area contributed by atoms with Gasteiger partial charge in [0, 0.05) is 5.57 Å². The van der Waals surface area contributed by atoms with E-state index in [9.17, 15) is 4.79 Å². The maximum Gasteiger partial charge on any atom is 0.159 e. The Labute approximate surface area is 61.4 Å². The third kappa shape index (κ3) is 1.56. The molecular formula is C9H12O. The maximum absolute atomic E-state index is 10.8. The molecule has 0 aromatic carbocycles. The van der Waals surface area contributed by atoms with Crippen molar-refractivity contribution in [3.63, 3.8) is 0 Å². The zero-order chi connectivity index (χ0) is 7.56. The van der Waals surface area contributed by atoms with E-state index in [1.807, 2.05) is 12.2 Å². The molecular weight excluding hydrogens is 124 g/mol. The van der Waals surface area contributed by atoms with Crippen molar-refractivity contribution in [1.29, 1.82) is 0 Å². The number of carbonyl (C=O) groups excluding carboxylic acids is 1. The Morgan fingerprint density at radius 2 is 2.40 bits per heavy atom. The number of carbonyl (C=O) groups is 1. The molecule has 0 saturated heterocycles. The monoisotopic (exact) mass is 136 g/mol.